The summed E-state index contributed by atoms with van der Waals surface area (Å²) >= 11 is 4.79. The number of aromatic nitrogens is 4. The second-order valence-electron chi connectivity index (χ2n) is 3.32. The normalized spacial score (nSPS) is 13.0. The average Bonchev–Trinajstić information content (AvgIpc) is 2.80. The van der Waals surface area contributed by atoms with E-state index >= 15 is 0 Å². The molecule has 0 amide bonds. The molecule has 2 heterocycles. The number of nitrogens with zero attached hydrogens (tertiary/aromatic N) is 4. The lowest BCUT2D eigenvalue weighted by Crippen LogP contribution is -2.30. The van der Waals surface area contributed by atoms with E-state index in [1.54, 1.807) is 10.9 Å². The van der Waals surface area contributed by atoms with Crippen molar-refractivity contribution in [1.82, 2.24) is 24.8 Å². The summed E-state index contributed by atoms with van der Waals surface area (Å²) in [6.45, 7) is 1.91. The van der Waals surface area contributed by atoms with Gasteiger partial charge in [-0.3, -0.25) is 10.5 Å². The summed E-state index contributed by atoms with van der Waals surface area (Å²) in [5, 5.41) is 8.15. The summed E-state index contributed by atoms with van der Waals surface area (Å²) in [6.07, 6.45) is 1.74. The summed E-state index contributed by atoms with van der Waals surface area (Å²) in [5.41, 5.74) is 4.60. The molecule has 0 aliphatic heterocycles. The first-order valence-electron chi connectivity index (χ1n) is 4.57. The maximum atomic E-state index is 5.60. The number of halogens is 1. The maximum Gasteiger partial charge on any atom is 0.102 e. The van der Waals surface area contributed by atoms with Gasteiger partial charge < -0.3 is 0 Å². The van der Waals surface area contributed by atoms with Gasteiger partial charge in [0, 0.05) is 7.05 Å². The third-order valence-corrected chi connectivity index (χ3v) is 3.83. The Hall–Kier alpha value is -0.830. The minimum atomic E-state index is -0.151. The zero-order valence-corrected chi connectivity index (χ0v) is 11.2. The lowest BCUT2D eigenvalue weighted by atomic mass is 10.1. The second kappa shape index (κ2) is 4.58. The van der Waals surface area contributed by atoms with E-state index in [2.05, 4.69) is 36.0 Å². The highest BCUT2D eigenvalue weighted by atomic mass is 79.9. The Bertz CT molecular complexity index is 473. The maximum absolute atomic E-state index is 5.60. The van der Waals surface area contributed by atoms with Gasteiger partial charge in [0.15, 0.2) is 0 Å². The van der Waals surface area contributed by atoms with Crippen LogP contribution in [0, 0.1) is 6.92 Å². The second-order valence-corrected chi connectivity index (χ2v) is 4.96. The molecule has 8 heteroatoms. The molecule has 0 saturated carbocycles. The van der Waals surface area contributed by atoms with Crippen molar-refractivity contribution in [2.24, 2.45) is 12.9 Å². The lowest BCUT2D eigenvalue weighted by Gasteiger charge is -2.15. The first-order chi connectivity index (χ1) is 7.65. The monoisotopic (exact) mass is 302 g/mol. The molecule has 86 valence electrons. The molecule has 3 N–H and O–H groups in total. The van der Waals surface area contributed by atoms with Gasteiger partial charge in [-0.25, -0.2) is 5.43 Å². The molecule has 0 spiro atoms. The Labute approximate surface area is 105 Å². The van der Waals surface area contributed by atoms with Crippen LogP contribution in [0.2, 0.25) is 0 Å². The number of aryl methyl sites for hydroxylation is 2. The summed E-state index contributed by atoms with van der Waals surface area (Å²) in [5.74, 6) is 5.60. The quantitative estimate of drug-likeness (QED) is 0.650. The standard InChI is InChI=1S/C8H11BrN6S/c1-4-8(16-14-13-4)6(12-10)7-5(9)3-11-15(7)2/h3,6,12H,10H2,1-2H3. The van der Waals surface area contributed by atoms with Crippen molar-refractivity contribution < 1.29 is 0 Å². The summed E-state index contributed by atoms with van der Waals surface area (Å²) in [6, 6.07) is -0.151. The van der Waals surface area contributed by atoms with Crippen LogP contribution < -0.4 is 11.3 Å². The number of nitrogens with two attached hydrogens (primary N) is 1. The van der Waals surface area contributed by atoms with Crippen molar-refractivity contribution in [3.05, 3.63) is 26.9 Å². The van der Waals surface area contributed by atoms with Crippen molar-refractivity contribution >= 4 is 27.5 Å². The molecule has 0 aliphatic rings. The summed E-state index contributed by atoms with van der Waals surface area (Å²) in [4.78, 5) is 0.992. The molecule has 2 aromatic rings. The predicted molar refractivity (Wildman–Crippen MR) is 64.7 cm³/mol. The third-order valence-electron chi connectivity index (χ3n) is 2.33. The highest BCUT2D eigenvalue weighted by molar-refractivity contribution is 9.10. The smallest absolute Gasteiger partial charge is 0.102 e. The topological polar surface area (TPSA) is 81.7 Å². The van der Waals surface area contributed by atoms with Crippen LogP contribution in [0.25, 0.3) is 0 Å². The van der Waals surface area contributed by atoms with Gasteiger partial charge in [-0.15, -0.1) is 5.10 Å². The summed E-state index contributed by atoms with van der Waals surface area (Å²) in [7, 11) is 1.87. The van der Waals surface area contributed by atoms with Crippen molar-refractivity contribution in [3.63, 3.8) is 0 Å². The minimum absolute atomic E-state index is 0.151. The largest absolute Gasteiger partial charge is 0.270 e. The molecule has 1 atom stereocenters. The van der Waals surface area contributed by atoms with E-state index < -0.39 is 0 Å². The van der Waals surface area contributed by atoms with Gasteiger partial charge in [0.1, 0.15) is 6.04 Å². The average molecular weight is 303 g/mol. The molecule has 16 heavy (non-hydrogen) atoms. The number of rotatable bonds is 3. The van der Waals surface area contributed by atoms with Crippen molar-refractivity contribution in [1.29, 1.82) is 0 Å². The molecular weight excluding hydrogens is 292 g/mol. The molecule has 0 aliphatic carbocycles. The molecular formula is C8H11BrN6S. The van der Waals surface area contributed by atoms with Gasteiger partial charge in [0.25, 0.3) is 0 Å². The molecule has 0 radical (unpaired) electrons. The van der Waals surface area contributed by atoms with E-state index in [9.17, 15) is 0 Å². The Morgan fingerprint density at radius 1 is 1.62 bits per heavy atom. The number of hydrogen-bond donors (Lipinski definition) is 2. The van der Waals surface area contributed by atoms with Crippen LogP contribution in [0.4, 0.5) is 0 Å². The zero-order chi connectivity index (χ0) is 11.7. The molecule has 0 aromatic carbocycles. The van der Waals surface area contributed by atoms with E-state index in [0.717, 1.165) is 20.7 Å². The van der Waals surface area contributed by atoms with Crippen LogP contribution in [0.5, 0.6) is 0 Å². The first-order valence-corrected chi connectivity index (χ1v) is 6.14. The van der Waals surface area contributed by atoms with Crippen molar-refractivity contribution in [2.45, 2.75) is 13.0 Å². The number of nitrogens with one attached hydrogen (secondary N) is 1. The number of hydrazine groups is 1. The Morgan fingerprint density at radius 2 is 2.38 bits per heavy atom. The fourth-order valence-electron chi connectivity index (χ4n) is 1.53. The van der Waals surface area contributed by atoms with Gasteiger partial charge in [-0.05, 0) is 34.4 Å². The van der Waals surface area contributed by atoms with Gasteiger partial charge in [-0.1, -0.05) is 4.49 Å². The lowest BCUT2D eigenvalue weighted by molar-refractivity contribution is 0.577. The van der Waals surface area contributed by atoms with E-state index in [1.807, 2.05) is 14.0 Å². The van der Waals surface area contributed by atoms with E-state index in [-0.39, 0.29) is 6.04 Å². The fourth-order valence-corrected chi connectivity index (χ4v) is 2.81. The Kier molecular flexibility index (Phi) is 3.33. The number of hydrogen-bond acceptors (Lipinski definition) is 6. The van der Waals surface area contributed by atoms with Crippen LogP contribution in [0.3, 0.4) is 0 Å². The SMILES string of the molecule is Cc1nnsc1C(NN)c1c(Br)cnn1C. The Balaban J connectivity index is 2.49. The highest BCUT2D eigenvalue weighted by Gasteiger charge is 2.23. The van der Waals surface area contributed by atoms with Crippen molar-refractivity contribution in [2.75, 3.05) is 0 Å². The van der Waals surface area contributed by atoms with Crippen LogP contribution >= 0.6 is 27.5 Å². The Morgan fingerprint density at radius 3 is 2.81 bits per heavy atom. The highest BCUT2D eigenvalue weighted by Crippen LogP contribution is 2.30. The van der Waals surface area contributed by atoms with E-state index in [1.165, 1.54) is 11.5 Å². The van der Waals surface area contributed by atoms with Crippen LogP contribution in [-0.2, 0) is 7.05 Å². The van der Waals surface area contributed by atoms with Gasteiger partial charge in [0.05, 0.1) is 26.9 Å². The molecule has 1 unspecified atom stereocenters. The van der Waals surface area contributed by atoms with Gasteiger partial charge in [0.2, 0.25) is 0 Å². The van der Waals surface area contributed by atoms with Gasteiger partial charge >= 0.3 is 0 Å². The van der Waals surface area contributed by atoms with Crippen LogP contribution in [-0.4, -0.2) is 19.4 Å². The van der Waals surface area contributed by atoms with E-state index in [4.69, 9.17) is 5.84 Å². The van der Waals surface area contributed by atoms with E-state index in [0.29, 0.717) is 0 Å². The molecule has 2 aromatic heterocycles. The predicted octanol–water partition coefficient (Wildman–Crippen LogP) is 0.895. The third kappa shape index (κ3) is 1.88. The van der Waals surface area contributed by atoms with Gasteiger partial charge in [-0.2, -0.15) is 5.10 Å². The molecule has 2 rings (SSSR count). The fraction of sp³-hybridized carbons (Fsp3) is 0.375. The van der Waals surface area contributed by atoms with Crippen LogP contribution in [0.15, 0.2) is 10.7 Å². The van der Waals surface area contributed by atoms with Crippen LogP contribution in [0.1, 0.15) is 22.3 Å². The molecule has 0 bridgehead atoms. The molecule has 6 nitrogen and oxygen atoms in total. The first kappa shape index (κ1) is 11.6. The minimum Gasteiger partial charge on any atom is -0.270 e. The zero-order valence-electron chi connectivity index (χ0n) is 8.81. The molecule has 0 saturated heterocycles. The van der Waals surface area contributed by atoms with Crippen molar-refractivity contribution in [3.8, 4) is 0 Å². The molecule has 0 fully saturated rings. The summed E-state index contributed by atoms with van der Waals surface area (Å²) < 4.78 is 6.59.